The van der Waals surface area contributed by atoms with Gasteiger partial charge in [0, 0.05) is 11.1 Å². The van der Waals surface area contributed by atoms with Crippen molar-refractivity contribution >= 4 is 17.6 Å². The Kier molecular flexibility index (Phi) is 3.66. The lowest BCUT2D eigenvalue weighted by Gasteiger charge is -2.06. The normalized spacial score (nSPS) is 27.9. The summed E-state index contributed by atoms with van der Waals surface area (Å²) in [7, 11) is 0. The van der Waals surface area contributed by atoms with Crippen molar-refractivity contribution in [2.45, 2.75) is 19.3 Å². The molecule has 3 rings (SSSR count). The fourth-order valence-electron chi connectivity index (χ4n) is 3.42. The molecule has 2 aliphatic carbocycles. The summed E-state index contributed by atoms with van der Waals surface area (Å²) >= 11 is 6.20. The number of hydrogen-bond donors (Lipinski definition) is 1. The van der Waals surface area contributed by atoms with E-state index in [1.807, 2.05) is 6.07 Å². The third kappa shape index (κ3) is 2.66. The minimum absolute atomic E-state index is 0.488. The molecule has 0 bridgehead atoms. The molecule has 104 valence electrons. The van der Waals surface area contributed by atoms with E-state index in [4.69, 9.17) is 16.7 Å². The van der Waals surface area contributed by atoms with Crippen LogP contribution in [0.1, 0.15) is 18.4 Å². The van der Waals surface area contributed by atoms with E-state index < -0.39 is 5.97 Å². The van der Waals surface area contributed by atoms with Gasteiger partial charge < -0.3 is 5.11 Å². The highest BCUT2D eigenvalue weighted by molar-refractivity contribution is 6.30. The Balaban J connectivity index is 1.60. The van der Waals surface area contributed by atoms with Gasteiger partial charge in [-0.25, -0.2) is 4.79 Å². The summed E-state index contributed by atoms with van der Waals surface area (Å²) in [6.45, 7) is 0. The Morgan fingerprint density at radius 3 is 2.80 bits per heavy atom. The predicted octanol–water partition coefficient (Wildman–Crippen LogP) is 4.02. The van der Waals surface area contributed by atoms with Crippen molar-refractivity contribution in [1.29, 1.82) is 0 Å². The largest absolute Gasteiger partial charge is 0.478 e. The summed E-state index contributed by atoms with van der Waals surface area (Å²) in [6.07, 6.45) is 6.06. The van der Waals surface area contributed by atoms with Crippen molar-refractivity contribution in [3.8, 4) is 0 Å². The molecule has 3 atom stereocenters. The first-order chi connectivity index (χ1) is 9.66. The quantitative estimate of drug-likeness (QED) is 0.831. The summed E-state index contributed by atoms with van der Waals surface area (Å²) < 4.78 is 0. The van der Waals surface area contributed by atoms with Crippen LogP contribution in [0.15, 0.2) is 53.1 Å². The van der Waals surface area contributed by atoms with Crippen LogP contribution in [0.4, 0.5) is 0 Å². The van der Waals surface area contributed by atoms with E-state index in [1.54, 1.807) is 6.08 Å². The van der Waals surface area contributed by atoms with Crippen LogP contribution in [0.25, 0.3) is 0 Å². The molecule has 0 heterocycles. The zero-order valence-corrected chi connectivity index (χ0v) is 11.9. The fraction of sp³-hybridized carbons (Fsp3) is 0.353. The van der Waals surface area contributed by atoms with Gasteiger partial charge >= 0.3 is 5.97 Å². The molecule has 1 saturated carbocycles. The molecule has 0 unspecified atom stereocenters. The molecule has 1 N–H and O–H groups in total. The summed E-state index contributed by atoms with van der Waals surface area (Å²) in [4.78, 5) is 10.6. The van der Waals surface area contributed by atoms with Gasteiger partial charge in [0.1, 0.15) is 0 Å². The second-order valence-corrected chi connectivity index (χ2v) is 6.07. The van der Waals surface area contributed by atoms with E-state index in [1.165, 1.54) is 11.6 Å². The number of carbonyl (C=O) groups is 1. The molecule has 2 nitrogen and oxygen atoms in total. The number of carboxylic acid groups (broad SMARTS) is 1. The van der Waals surface area contributed by atoms with Crippen molar-refractivity contribution in [2.24, 2.45) is 17.8 Å². The monoisotopic (exact) mass is 288 g/mol. The number of fused-ring (bicyclic) bond motifs is 1. The van der Waals surface area contributed by atoms with Gasteiger partial charge in [0.15, 0.2) is 0 Å². The van der Waals surface area contributed by atoms with Gasteiger partial charge in [-0.15, -0.1) is 0 Å². The highest BCUT2D eigenvalue weighted by Gasteiger charge is 2.55. The van der Waals surface area contributed by atoms with Crippen LogP contribution in [-0.2, 0) is 11.2 Å². The Morgan fingerprint density at radius 2 is 2.10 bits per heavy atom. The third-order valence-corrected chi connectivity index (χ3v) is 4.81. The second kappa shape index (κ2) is 5.45. The van der Waals surface area contributed by atoms with Crippen molar-refractivity contribution in [3.05, 3.63) is 58.7 Å². The predicted molar refractivity (Wildman–Crippen MR) is 79.5 cm³/mol. The molecule has 1 aromatic carbocycles. The SMILES string of the molecule is O=C(O)C=CC1=C(Cl)C[C@@H]2[C@H](CCc3ccccc3)[C@H]12. The number of benzene rings is 1. The molecule has 0 aromatic heterocycles. The van der Waals surface area contributed by atoms with Crippen LogP contribution in [0.2, 0.25) is 0 Å². The van der Waals surface area contributed by atoms with Crippen molar-refractivity contribution in [2.75, 3.05) is 0 Å². The summed E-state index contributed by atoms with van der Waals surface area (Å²) in [5.41, 5.74) is 2.42. The third-order valence-electron chi connectivity index (χ3n) is 4.43. The molecule has 0 aliphatic heterocycles. The molecule has 2 aliphatic rings. The highest BCUT2D eigenvalue weighted by Crippen LogP contribution is 2.62. The smallest absolute Gasteiger partial charge is 0.328 e. The number of rotatable bonds is 5. The molecule has 0 saturated heterocycles. The molecule has 20 heavy (non-hydrogen) atoms. The van der Waals surface area contributed by atoms with Crippen LogP contribution < -0.4 is 0 Å². The Hall–Kier alpha value is -1.54. The van der Waals surface area contributed by atoms with E-state index in [-0.39, 0.29) is 0 Å². The van der Waals surface area contributed by atoms with Gasteiger partial charge in [-0.3, -0.25) is 0 Å². The summed E-state index contributed by atoms with van der Waals surface area (Å²) in [6, 6.07) is 10.5. The zero-order valence-electron chi connectivity index (χ0n) is 11.1. The lowest BCUT2D eigenvalue weighted by atomic mass is 10.0. The lowest BCUT2D eigenvalue weighted by Crippen LogP contribution is -1.95. The summed E-state index contributed by atoms with van der Waals surface area (Å²) in [5, 5.41) is 9.58. The lowest BCUT2D eigenvalue weighted by molar-refractivity contribution is -0.131. The molecular weight excluding hydrogens is 272 g/mol. The number of aliphatic carboxylic acids is 1. The van der Waals surface area contributed by atoms with Gasteiger partial charge in [-0.1, -0.05) is 48.0 Å². The zero-order chi connectivity index (χ0) is 14.1. The summed E-state index contributed by atoms with van der Waals surface area (Å²) in [5.74, 6) is 0.888. The fourth-order valence-corrected chi connectivity index (χ4v) is 3.79. The minimum Gasteiger partial charge on any atom is -0.478 e. The molecule has 0 radical (unpaired) electrons. The van der Waals surface area contributed by atoms with Crippen LogP contribution in [-0.4, -0.2) is 11.1 Å². The number of aryl methyl sites for hydroxylation is 1. The van der Waals surface area contributed by atoms with Crippen LogP contribution in [0.5, 0.6) is 0 Å². The van der Waals surface area contributed by atoms with E-state index in [9.17, 15) is 4.79 Å². The maximum absolute atomic E-state index is 10.6. The van der Waals surface area contributed by atoms with Crippen LogP contribution in [0.3, 0.4) is 0 Å². The molecule has 0 spiro atoms. The first kappa shape index (κ1) is 13.4. The average molecular weight is 289 g/mol. The van der Waals surface area contributed by atoms with Gasteiger partial charge in [0.2, 0.25) is 0 Å². The molecular formula is C17H17ClO2. The first-order valence-electron chi connectivity index (χ1n) is 7.00. The van der Waals surface area contributed by atoms with Crippen molar-refractivity contribution in [1.82, 2.24) is 0 Å². The molecule has 1 aromatic rings. The first-order valence-corrected chi connectivity index (χ1v) is 7.38. The van der Waals surface area contributed by atoms with Gasteiger partial charge in [-0.2, -0.15) is 0 Å². The number of carboxylic acids is 1. The Morgan fingerprint density at radius 1 is 1.35 bits per heavy atom. The van der Waals surface area contributed by atoms with E-state index in [0.29, 0.717) is 17.8 Å². The van der Waals surface area contributed by atoms with Gasteiger partial charge in [-0.05, 0) is 48.2 Å². The molecule has 3 heteroatoms. The van der Waals surface area contributed by atoms with E-state index in [2.05, 4.69) is 24.3 Å². The van der Waals surface area contributed by atoms with Crippen LogP contribution >= 0.6 is 11.6 Å². The van der Waals surface area contributed by atoms with Crippen molar-refractivity contribution < 1.29 is 9.90 Å². The molecule has 1 fully saturated rings. The van der Waals surface area contributed by atoms with Crippen molar-refractivity contribution in [3.63, 3.8) is 0 Å². The number of halogens is 1. The standard InChI is InChI=1S/C17H17ClO2/c18-15-10-14-12(7-6-11-4-2-1-3-5-11)17(14)13(15)8-9-16(19)20/h1-5,8-9,12,14,17H,6-7,10H2,(H,19,20)/t12-,14+,17+/m0/s1. The molecule has 0 amide bonds. The average Bonchev–Trinajstić information content (AvgIpc) is 2.99. The highest BCUT2D eigenvalue weighted by atomic mass is 35.5. The van der Waals surface area contributed by atoms with Gasteiger partial charge in [0.05, 0.1) is 0 Å². The van der Waals surface area contributed by atoms with Gasteiger partial charge in [0.25, 0.3) is 0 Å². The maximum atomic E-state index is 10.6. The van der Waals surface area contributed by atoms with E-state index >= 15 is 0 Å². The topological polar surface area (TPSA) is 37.3 Å². The Labute approximate surface area is 123 Å². The Bertz CT molecular complexity index is 574. The van der Waals surface area contributed by atoms with E-state index in [0.717, 1.165) is 29.9 Å². The number of allylic oxidation sites excluding steroid dienone is 3. The minimum atomic E-state index is -0.910. The number of hydrogen-bond acceptors (Lipinski definition) is 1. The second-order valence-electron chi connectivity index (χ2n) is 5.61. The maximum Gasteiger partial charge on any atom is 0.328 e. The van der Waals surface area contributed by atoms with Crippen LogP contribution in [0, 0.1) is 17.8 Å².